The summed E-state index contributed by atoms with van der Waals surface area (Å²) in [7, 11) is 1.96. The fourth-order valence-corrected chi connectivity index (χ4v) is 12.0. The third kappa shape index (κ3) is 27.4. The van der Waals surface area contributed by atoms with Crippen LogP contribution in [-0.4, -0.2) is 106 Å². The fourth-order valence-electron chi connectivity index (χ4n) is 10.8. The maximum atomic E-state index is 13.8. The fraction of sp³-hybridized carbons (Fsp3) is 0.0920. The van der Waals surface area contributed by atoms with Crippen LogP contribution in [0.4, 0.5) is 33.3 Å². The highest BCUT2D eigenvalue weighted by molar-refractivity contribution is 7.09. The Bertz CT molecular complexity index is 5860. The summed E-state index contributed by atoms with van der Waals surface area (Å²) in [6.45, 7) is 1.23. The molecule has 0 saturated heterocycles. The number of benzene rings is 5. The molecular weight excluding hydrogens is 1630 g/mol. The number of pyridine rings is 5. The molecule has 0 unspecified atom stereocenters. The van der Waals surface area contributed by atoms with Gasteiger partial charge in [0.05, 0.1) is 109 Å². The quantitative estimate of drug-likeness (QED) is 0.0359. The van der Waals surface area contributed by atoms with Crippen LogP contribution in [0.1, 0.15) is 90.7 Å². The molecule has 0 aliphatic carbocycles. The van der Waals surface area contributed by atoms with Crippen molar-refractivity contribution in [3.05, 3.63) is 380 Å². The largest absolute Gasteiger partial charge is 0.454 e. The van der Waals surface area contributed by atoms with Crippen LogP contribution in [0, 0.1) is 30.2 Å². The van der Waals surface area contributed by atoms with Gasteiger partial charge in [0.1, 0.15) is 83.3 Å². The molecule has 0 amide bonds. The molecule has 0 atom stereocenters. The molecule has 0 aliphatic rings. The van der Waals surface area contributed by atoms with E-state index in [1.54, 1.807) is 73.4 Å². The van der Waals surface area contributed by atoms with E-state index in [0.717, 1.165) is 51.8 Å². The second kappa shape index (κ2) is 43.6. The number of hydrogen-bond donors (Lipinski definition) is 0. The zero-order valence-electron chi connectivity index (χ0n) is 63.0. The van der Waals surface area contributed by atoms with E-state index in [0.29, 0.717) is 79.0 Å². The number of aromatic nitrogens is 14. The van der Waals surface area contributed by atoms with E-state index in [9.17, 15) is 45.9 Å². The average molecular weight is 1700 g/mol. The Morgan fingerprint density at radius 2 is 0.850 bits per heavy atom. The van der Waals surface area contributed by atoms with Crippen LogP contribution in [-0.2, 0) is 38.8 Å². The van der Waals surface area contributed by atoms with E-state index in [1.807, 2.05) is 66.7 Å². The van der Waals surface area contributed by atoms with Crippen LogP contribution in [0.2, 0.25) is 15.1 Å². The molecule has 0 spiro atoms. The highest BCUT2D eigenvalue weighted by Gasteiger charge is 2.19. The zero-order chi connectivity index (χ0) is 84.7. The molecule has 0 radical (unpaired) electrons. The molecule has 0 N–H and O–H groups in total. The Morgan fingerprint density at radius 1 is 0.375 bits per heavy atom. The van der Waals surface area contributed by atoms with Crippen molar-refractivity contribution in [3.63, 3.8) is 0 Å². The first-order valence-corrected chi connectivity index (χ1v) is 37.6. The number of carbonyl (C=O) groups excluding carboxylic acids is 5. The number of hydrogen-bond acceptors (Lipinski definition) is 25. The molecule has 10 aromatic heterocycles. The first-order chi connectivity index (χ1) is 58.1. The third-order valence-corrected chi connectivity index (χ3v) is 17.7. The molecular formula is C87H63Cl3F5N15O9S. The Kier molecular flexibility index (Phi) is 31.4. The van der Waals surface area contributed by atoms with Gasteiger partial charge in [-0.15, -0.1) is 11.3 Å². The van der Waals surface area contributed by atoms with E-state index >= 15 is 0 Å². The SMILES string of the molecule is CN(c1cccnc1)c1cccc(C(=O)Cc2nccs2)c1.Cc1cncc(CC(=O)c2cc(F)cc(Oc3cncnc3)c2)c1.O=C(Cc1cc(F)c(Cl)cn1)c1cc(Cl)cc(Oc2cncnc2)c1.O=C(Cc1cc(F)ccn1)c1cc(F)cc(Oc2cncnc2)c1.O=C(Cc1cccc(CF)n1)c1cc(Cl)cc(Oc2cncnc2)c1. The topological polar surface area (TPSA) is 306 Å². The predicted octanol–water partition coefficient (Wildman–Crippen LogP) is 19.4. The molecule has 15 aromatic rings. The van der Waals surface area contributed by atoms with Gasteiger partial charge in [0.2, 0.25) is 0 Å². The number of ether oxygens (including phenoxy) is 4. The van der Waals surface area contributed by atoms with Gasteiger partial charge in [0.15, 0.2) is 51.9 Å². The van der Waals surface area contributed by atoms with Gasteiger partial charge in [0.25, 0.3) is 0 Å². The first kappa shape index (κ1) is 86.5. The van der Waals surface area contributed by atoms with E-state index < -0.39 is 35.7 Å². The van der Waals surface area contributed by atoms with Crippen LogP contribution in [0.3, 0.4) is 0 Å². The van der Waals surface area contributed by atoms with Gasteiger partial charge in [-0.2, -0.15) is 0 Å². The summed E-state index contributed by atoms with van der Waals surface area (Å²) < 4.78 is 89.0. The lowest BCUT2D eigenvalue weighted by Crippen LogP contribution is -2.11. The second-order valence-electron chi connectivity index (χ2n) is 25.3. The first-order valence-electron chi connectivity index (χ1n) is 35.6. The third-order valence-electron chi connectivity index (χ3n) is 16.2. The van der Waals surface area contributed by atoms with Crippen LogP contribution in [0.25, 0.3) is 0 Å². The Balaban J connectivity index is 0.000000147. The molecule has 0 saturated carbocycles. The number of ketones is 5. The summed E-state index contributed by atoms with van der Waals surface area (Å²) in [6, 6.07) is 38.6. The number of aryl methyl sites for hydroxylation is 1. The maximum absolute atomic E-state index is 13.8. The van der Waals surface area contributed by atoms with E-state index in [2.05, 4.69) is 69.8 Å². The van der Waals surface area contributed by atoms with Gasteiger partial charge in [-0.25, -0.2) is 66.8 Å². The maximum Gasteiger partial charge on any atom is 0.169 e. The smallest absolute Gasteiger partial charge is 0.169 e. The number of thiazole rings is 1. The van der Waals surface area contributed by atoms with Crippen molar-refractivity contribution in [3.8, 4) is 46.0 Å². The van der Waals surface area contributed by atoms with Crippen molar-refractivity contribution in [2.75, 3.05) is 11.9 Å². The lowest BCUT2D eigenvalue weighted by Gasteiger charge is -2.19. The van der Waals surface area contributed by atoms with E-state index in [4.69, 9.17) is 53.8 Å². The molecule has 0 bridgehead atoms. The predicted molar refractivity (Wildman–Crippen MR) is 437 cm³/mol. The van der Waals surface area contributed by atoms with Gasteiger partial charge in [0, 0.05) is 117 Å². The standard InChI is InChI=1S/C18H13ClFN3O2.C18H14FN3O2.C17H10Cl2FN3O2.C17H11F2N3O2.C17H15N3OS/c19-13-4-12(5-16(6-13)25-17-9-21-11-22-10-17)18(24)7-14-2-1-3-15(8-20)23-14;1-12-2-13(8-20-7-12)3-18(23)14-4-15(19)6-16(5-14)24-17-9-21-11-22-10-17;18-11-1-10(2-13(3-11)25-14-6-21-9-22-7-14)17(24)5-12-4-16(20)15(19)8-23-12;18-12-1-2-22-14(5-12)7-17(23)11-3-13(19)6-15(4-11)24-16-8-20-10-21-9-16;1-20(15-6-3-7-18-12-15)14-5-2-4-13(10-14)16(21)11-17-19-8-9-22-17/h1-6,9-11H,7-8H2;2,4-11H,3H2,1H3;1-4,6-9H,5H2;1-6,8-10H,7H2;2-10,12H,11H2,1H3. The Morgan fingerprint density at radius 3 is 1.33 bits per heavy atom. The highest BCUT2D eigenvalue weighted by atomic mass is 35.5. The second-order valence-corrected chi connectivity index (χ2v) is 27.6. The summed E-state index contributed by atoms with van der Waals surface area (Å²) in [5.41, 5.74) is 6.75. The van der Waals surface area contributed by atoms with E-state index in [-0.39, 0.29) is 87.9 Å². The monoisotopic (exact) mass is 1690 g/mol. The molecule has 602 valence electrons. The van der Waals surface area contributed by atoms with Gasteiger partial charge in [-0.1, -0.05) is 59.1 Å². The summed E-state index contributed by atoms with van der Waals surface area (Å²) >= 11 is 19.2. The van der Waals surface area contributed by atoms with Crippen LogP contribution >= 0.6 is 46.1 Å². The average Bonchev–Trinajstić information content (AvgIpc) is 0.914. The van der Waals surface area contributed by atoms with Crippen molar-refractivity contribution in [1.82, 2.24) is 69.8 Å². The minimum absolute atomic E-state index is 0.0437. The number of Topliss-reactive ketones (excluding diaryl/α,β-unsaturated/α-hetero) is 5. The number of carbonyl (C=O) groups is 5. The molecule has 24 nitrogen and oxygen atoms in total. The Labute approximate surface area is 700 Å². The zero-order valence-corrected chi connectivity index (χ0v) is 66.1. The number of anilines is 2. The molecule has 120 heavy (non-hydrogen) atoms. The molecule has 0 aliphatic heterocycles. The normalized spacial score (nSPS) is 10.4. The minimum atomic E-state index is -0.670. The van der Waals surface area contributed by atoms with Crippen molar-refractivity contribution < 1.29 is 64.9 Å². The molecule has 33 heteroatoms. The van der Waals surface area contributed by atoms with Gasteiger partial charge < -0.3 is 23.8 Å². The van der Waals surface area contributed by atoms with Crippen molar-refractivity contribution in [1.29, 1.82) is 0 Å². The number of nitrogens with zero attached hydrogens (tertiary/aromatic N) is 15. The summed E-state index contributed by atoms with van der Waals surface area (Å²) in [4.78, 5) is 119. The number of alkyl halides is 1. The van der Waals surface area contributed by atoms with Crippen LogP contribution in [0.15, 0.2) is 275 Å². The molecule has 10 heterocycles. The molecule has 0 fully saturated rings. The van der Waals surface area contributed by atoms with Crippen molar-refractivity contribution >= 4 is 86.4 Å². The molecule has 5 aromatic carbocycles. The van der Waals surface area contributed by atoms with Gasteiger partial charge in [-0.3, -0.25) is 48.9 Å². The molecule has 15 rings (SSSR count). The van der Waals surface area contributed by atoms with Crippen LogP contribution < -0.4 is 23.8 Å². The lowest BCUT2D eigenvalue weighted by atomic mass is 10.0. The van der Waals surface area contributed by atoms with Crippen LogP contribution in [0.5, 0.6) is 46.0 Å². The summed E-state index contributed by atoms with van der Waals surface area (Å²) in [5.74, 6) is -0.662. The highest BCUT2D eigenvalue weighted by Crippen LogP contribution is 2.31. The minimum Gasteiger partial charge on any atom is -0.454 e. The summed E-state index contributed by atoms with van der Waals surface area (Å²) in [6.07, 6.45) is 28.5. The number of halogens is 8. The van der Waals surface area contributed by atoms with Crippen molar-refractivity contribution in [2.45, 2.75) is 45.7 Å². The lowest BCUT2D eigenvalue weighted by molar-refractivity contribution is 0.0983. The van der Waals surface area contributed by atoms with Gasteiger partial charge in [-0.05, 0) is 133 Å². The van der Waals surface area contributed by atoms with E-state index in [1.165, 1.54) is 141 Å². The number of rotatable bonds is 26. The summed E-state index contributed by atoms with van der Waals surface area (Å²) in [5, 5.41) is 3.32. The Hall–Kier alpha value is -14.3. The van der Waals surface area contributed by atoms with Crippen molar-refractivity contribution in [2.24, 2.45) is 0 Å². The van der Waals surface area contributed by atoms with Gasteiger partial charge >= 0.3 is 0 Å².